The molecule has 0 saturated heterocycles. The lowest BCUT2D eigenvalue weighted by Crippen LogP contribution is -2.05. The lowest BCUT2D eigenvalue weighted by Gasteiger charge is -2.09. The molecule has 0 bridgehead atoms. The second-order valence-electron chi connectivity index (χ2n) is 5.05. The molecular weight excluding hydrogens is 289 g/mol. The van der Waals surface area contributed by atoms with Gasteiger partial charge < -0.3 is 4.57 Å². The van der Waals surface area contributed by atoms with Gasteiger partial charge in [-0.3, -0.25) is 4.98 Å². The molecule has 0 spiro atoms. The first kappa shape index (κ1) is 14.4. The predicted molar refractivity (Wildman–Crippen MR) is 78.7 cm³/mol. The van der Waals surface area contributed by atoms with Crippen LogP contribution in [0.25, 0.3) is 16.8 Å². The van der Waals surface area contributed by atoms with Crippen molar-refractivity contribution in [2.24, 2.45) is 0 Å². The molecular formula is C17H13F3N2. The summed E-state index contributed by atoms with van der Waals surface area (Å²) in [6, 6.07) is 9.03. The van der Waals surface area contributed by atoms with Gasteiger partial charge in [-0.05, 0) is 42.8 Å². The Morgan fingerprint density at radius 1 is 1.09 bits per heavy atom. The van der Waals surface area contributed by atoms with E-state index in [2.05, 4.69) is 4.98 Å². The van der Waals surface area contributed by atoms with Gasteiger partial charge in [0.1, 0.15) is 0 Å². The van der Waals surface area contributed by atoms with Gasteiger partial charge in [0, 0.05) is 41.6 Å². The molecule has 1 aromatic carbocycles. The van der Waals surface area contributed by atoms with Crippen molar-refractivity contribution in [2.45, 2.75) is 13.1 Å². The second kappa shape index (κ2) is 5.33. The van der Waals surface area contributed by atoms with Crippen LogP contribution >= 0.6 is 0 Å². The van der Waals surface area contributed by atoms with Crippen LogP contribution in [-0.2, 0) is 6.18 Å². The Morgan fingerprint density at radius 2 is 1.91 bits per heavy atom. The summed E-state index contributed by atoms with van der Waals surface area (Å²) >= 11 is 0. The fraction of sp³-hybridized carbons (Fsp3) is 0.118. The smallest absolute Gasteiger partial charge is 0.323 e. The first-order valence-corrected chi connectivity index (χ1v) is 6.72. The van der Waals surface area contributed by atoms with Gasteiger partial charge in [0.05, 0.1) is 5.56 Å². The van der Waals surface area contributed by atoms with Crippen LogP contribution in [0.15, 0.2) is 61.2 Å². The summed E-state index contributed by atoms with van der Waals surface area (Å²) in [6.07, 6.45) is 2.67. The molecule has 0 aliphatic rings. The number of alkyl halides is 3. The van der Waals surface area contributed by atoms with E-state index in [9.17, 15) is 13.2 Å². The molecule has 0 aliphatic carbocycles. The monoisotopic (exact) mass is 302 g/mol. The van der Waals surface area contributed by atoms with Gasteiger partial charge in [0.25, 0.3) is 0 Å². The van der Waals surface area contributed by atoms with Crippen molar-refractivity contribution in [1.29, 1.82) is 0 Å². The molecule has 112 valence electrons. The Hall–Kier alpha value is -2.56. The van der Waals surface area contributed by atoms with Crippen molar-refractivity contribution >= 4 is 0 Å². The standard InChI is InChI=1S/C17H13F3N2/c1-12-5-7-21-10-16(12)13-6-8-22(11-13)15-4-2-3-14(9-15)17(18,19)20/h2-11H,1H3. The van der Waals surface area contributed by atoms with Crippen molar-refractivity contribution in [3.8, 4) is 16.8 Å². The Bertz CT molecular complexity index is 803. The van der Waals surface area contributed by atoms with E-state index in [0.29, 0.717) is 5.69 Å². The van der Waals surface area contributed by atoms with Gasteiger partial charge in [-0.15, -0.1) is 0 Å². The highest BCUT2D eigenvalue weighted by atomic mass is 19.4. The van der Waals surface area contributed by atoms with Crippen LogP contribution in [0, 0.1) is 6.92 Å². The molecule has 3 rings (SSSR count). The third-order valence-electron chi connectivity index (χ3n) is 3.51. The largest absolute Gasteiger partial charge is 0.416 e. The first-order chi connectivity index (χ1) is 10.4. The van der Waals surface area contributed by atoms with Crippen LogP contribution in [0.1, 0.15) is 11.1 Å². The lowest BCUT2D eigenvalue weighted by atomic mass is 10.1. The Labute approximate surface area is 125 Å². The summed E-state index contributed by atoms with van der Waals surface area (Å²) in [5.41, 5.74) is 2.77. The summed E-state index contributed by atoms with van der Waals surface area (Å²) in [4.78, 5) is 4.09. The Balaban J connectivity index is 2.00. The number of hydrogen-bond donors (Lipinski definition) is 0. The minimum Gasteiger partial charge on any atom is -0.323 e. The van der Waals surface area contributed by atoms with Crippen molar-refractivity contribution in [2.75, 3.05) is 0 Å². The van der Waals surface area contributed by atoms with E-state index in [1.54, 1.807) is 35.4 Å². The summed E-state index contributed by atoms with van der Waals surface area (Å²) in [5, 5.41) is 0. The first-order valence-electron chi connectivity index (χ1n) is 6.72. The van der Waals surface area contributed by atoms with Gasteiger partial charge in [0.15, 0.2) is 0 Å². The molecule has 0 atom stereocenters. The number of halogens is 3. The van der Waals surface area contributed by atoms with Crippen molar-refractivity contribution in [3.63, 3.8) is 0 Å². The third kappa shape index (κ3) is 2.74. The molecule has 0 amide bonds. The summed E-state index contributed by atoms with van der Waals surface area (Å²) in [6.45, 7) is 1.97. The van der Waals surface area contributed by atoms with Gasteiger partial charge >= 0.3 is 6.18 Å². The maximum atomic E-state index is 12.8. The molecule has 2 nitrogen and oxygen atoms in total. The molecule has 2 aromatic heterocycles. The second-order valence-corrected chi connectivity index (χ2v) is 5.05. The van der Waals surface area contributed by atoms with Gasteiger partial charge in [-0.2, -0.15) is 13.2 Å². The molecule has 22 heavy (non-hydrogen) atoms. The van der Waals surface area contributed by atoms with Crippen molar-refractivity contribution < 1.29 is 13.2 Å². The number of rotatable bonds is 2. The zero-order valence-electron chi connectivity index (χ0n) is 11.8. The Morgan fingerprint density at radius 3 is 2.64 bits per heavy atom. The number of hydrogen-bond acceptors (Lipinski definition) is 1. The highest BCUT2D eigenvalue weighted by molar-refractivity contribution is 5.66. The van der Waals surface area contributed by atoms with E-state index in [1.165, 1.54) is 6.07 Å². The number of aryl methyl sites for hydroxylation is 1. The maximum absolute atomic E-state index is 12.8. The fourth-order valence-corrected chi connectivity index (χ4v) is 2.33. The quantitative estimate of drug-likeness (QED) is 0.660. The zero-order chi connectivity index (χ0) is 15.7. The van der Waals surface area contributed by atoms with Crippen LogP contribution in [0.3, 0.4) is 0 Å². The van der Waals surface area contributed by atoms with E-state index >= 15 is 0 Å². The molecule has 0 N–H and O–H groups in total. The lowest BCUT2D eigenvalue weighted by molar-refractivity contribution is -0.137. The molecule has 3 aromatic rings. The van der Waals surface area contributed by atoms with Crippen LogP contribution in [0.5, 0.6) is 0 Å². The van der Waals surface area contributed by atoms with E-state index in [-0.39, 0.29) is 0 Å². The minimum atomic E-state index is -4.34. The fourth-order valence-electron chi connectivity index (χ4n) is 2.33. The van der Waals surface area contributed by atoms with Gasteiger partial charge in [-0.1, -0.05) is 6.07 Å². The molecule has 0 aliphatic heterocycles. The SMILES string of the molecule is Cc1ccncc1-c1ccn(-c2cccc(C(F)(F)F)c2)c1. The number of nitrogens with zero attached hydrogens (tertiary/aromatic N) is 2. The van der Waals surface area contributed by atoms with E-state index in [1.807, 2.05) is 19.1 Å². The number of aromatic nitrogens is 2. The van der Waals surface area contributed by atoms with Gasteiger partial charge in [-0.25, -0.2) is 0 Å². The van der Waals surface area contributed by atoms with Crippen LogP contribution in [0.2, 0.25) is 0 Å². The minimum absolute atomic E-state index is 0.475. The maximum Gasteiger partial charge on any atom is 0.416 e. The Kier molecular flexibility index (Phi) is 3.48. The summed E-state index contributed by atoms with van der Waals surface area (Å²) in [7, 11) is 0. The van der Waals surface area contributed by atoms with Gasteiger partial charge in [0.2, 0.25) is 0 Å². The van der Waals surface area contributed by atoms with Crippen LogP contribution in [-0.4, -0.2) is 9.55 Å². The molecule has 0 radical (unpaired) electrons. The third-order valence-corrected chi connectivity index (χ3v) is 3.51. The summed E-state index contributed by atoms with van der Waals surface area (Å²) in [5.74, 6) is 0. The predicted octanol–water partition coefficient (Wildman–Crippen LogP) is 4.87. The average molecular weight is 302 g/mol. The molecule has 0 fully saturated rings. The molecule has 0 saturated carbocycles. The highest BCUT2D eigenvalue weighted by Crippen LogP contribution is 2.31. The number of benzene rings is 1. The summed E-state index contributed by atoms with van der Waals surface area (Å²) < 4.78 is 40.0. The normalized spacial score (nSPS) is 11.6. The highest BCUT2D eigenvalue weighted by Gasteiger charge is 2.30. The number of pyridine rings is 1. The average Bonchev–Trinajstić information content (AvgIpc) is 2.97. The van der Waals surface area contributed by atoms with E-state index in [4.69, 9.17) is 0 Å². The van der Waals surface area contributed by atoms with E-state index < -0.39 is 11.7 Å². The molecule has 5 heteroatoms. The van der Waals surface area contributed by atoms with Crippen molar-refractivity contribution in [1.82, 2.24) is 9.55 Å². The molecule has 2 heterocycles. The van der Waals surface area contributed by atoms with Crippen LogP contribution in [0.4, 0.5) is 13.2 Å². The van der Waals surface area contributed by atoms with Crippen LogP contribution < -0.4 is 0 Å². The van der Waals surface area contributed by atoms with E-state index in [0.717, 1.165) is 28.8 Å². The van der Waals surface area contributed by atoms with Crippen molar-refractivity contribution in [3.05, 3.63) is 72.3 Å². The molecule has 0 unspecified atom stereocenters. The topological polar surface area (TPSA) is 17.8 Å². The zero-order valence-corrected chi connectivity index (χ0v) is 11.8.